The number of rotatable bonds is 6. The fourth-order valence-electron chi connectivity index (χ4n) is 1.78. The van der Waals surface area contributed by atoms with E-state index in [4.69, 9.17) is 0 Å². The van der Waals surface area contributed by atoms with E-state index in [-0.39, 0.29) is 11.9 Å². The molecule has 0 fully saturated rings. The second-order valence-corrected chi connectivity index (χ2v) is 5.61. The topological polar surface area (TPSA) is 37.8 Å². The van der Waals surface area contributed by atoms with Crippen LogP contribution in [-0.2, 0) is 6.42 Å². The van der Waals surface area contributed by atoms with Gasteiger partial charge in [0.05, 0.1) is 6.04 Å². The Labute approximate surface area is 116 Å². The molecule has 1 unspecified atom stereocenters. The Morgan fingerprint density at radius 3 is 2.95 bits per heavy atom. The Hall–Kier alpha value is -1.33. The maximum Gasteiger partial charge on any atom is 0.134 e. The van der Waals surface area contributed by atoms with Gasteiger partial charge in [0.25, 0.3) is 0 Å². The predicted octanol–water partition coefficient (Wildman–Crippen LogP) is 3.33. The number of aromatic nitrogens is 2. The standard InChI is InChI=1S/C14H18FN3S/c1-3-7-16-10(2)14-18-17-13(19-14)9-11-5-4-6-12(15)8-11/h4-6,8,10,16H,3,7,9H2,1-2H3. The highest BCUT2D eigenvalue weighted by Crippen LogP contribution is 2.20. The van der Waals surface area contributed by atoms with E-state index in [9.17, 15) is 4.39 Å². The molecular weight excluding hydrogens is 261 g/mol. The largest absolute Gasteiger partial charge is 0.308 e. The Balaban J connectivity index is 2.01. The molecule has 1 N–H and O–H groups in total. The van der Waals surface area contributed by atoms with Crippen molar-refractivity contribution in [3.8, 4) is 0 Å². The van der Waals surface area contributed by atoms with Crippen molar-refractivity contribution >= 4 is 11.3 Å². The first-order chi connectivity index (χ1) is 9.19. The quantitative estimate of drug-likeness (QED) is 0.881. The second kappa shape index (κ2) is 6.73. The highest BCUT2D eigenvalue weighted by atomic mass is 32.1. The molecular formula is C14H18FN3S. The summed E-state index contributed by atoms with van der Waals surface area (Å²) < 4.78 is 13.1. The van der Waals surface area contributed by atoms with Crippen molar-refractivity contribution in [1.82, 2.24) is 15.5 Å². The number of halogens is 1. The SMILES string of the molecule is CCCNC(C)c1nnc(Cc2cccc(F)c2)s1. The summed E-state index contributed by atoms with van der Waals surface area (Å²) >= 11 is 1.58. The van der Waals surface area contributed by atoms with Gasteiger partial charge in [-0.25, -0.2) is 4.39 Å². The third-order valence-corrected chi connectivity index (χ3v) is 3.90. The van der Waals surface area contributed by atoms with E-state index in [1.807, 2.05) is 6.07 Å². The normalized spacial score (nSPS) is 12.6. The first kappa shape index (κ1) is 14.1. The lowest BCUT2D eigenvalue weighted by molar-refractivity contribution is 0.564. The lowest BCUT2D eigenvalue weighted by atomic mass is 10.1. The zero-order valence-electron chi connectivity index (χ0n) is 11.2. The average Bonchev–Trinajstić information content (AvgIpc) is 2.84. The molecule has 0 saturated carbocycles. The average molecular weight is 279 g/mol. The van der Waals surface area contributed by atoms with Crippen molar-refractivity contribution in [2.45, 2.75) is 32.7 Å². The molecule has 0 saturated heterocycles. The molecule has 0 bridgehead atoms. The maximum atomic E-state index is 13.1. The van der Waals surface area contributed by atoms with Crippen molar-refractivity contribution in [3.05, 3.63) is 45.7 Å². The zero-order chi connectivity index (χ0) is 13.7. The molecule has 1 aromatic carbocycles. The molecule has 0 amide bonds. The lowest BCUT2D eigenvalue weighted by Crippen LogP contribution is -2.18. The van der Waals surface area contributed by atoms with Gasteiger partial charge in [-0.1, -0.05) is 30.4 Å². The molecule has 1 heterocycles. The fraction of sp³-hybridized carbons (Fsp3) is 0.429. The van der Waals surface area contributed by atoms with Gasteiger partial charge in [0.15, 0.2) is 0 Å². The van der Waals surface area contributed by atoms with E-state index >= 15 is 0 Å². The zero-order valence-corrected chi connectivity index (χ0v) is 12.0. The molecule has 0 spiro atoms. The van der Waals surface area contributed by atoms with Crippen LogP contribution in [0.1, 0.15) is 41.9 Å². The van der Waals surface area contributed by atoms with Crippen LogP contribution in [0, 0.1) is 5.82 Å². The number of benzene rings is 1. The minimum atomic E-state index is -0.208. The summed E-state index contributed by atoms with van der Waals surface area (Å²) in [6.07, 6.45) is 1.73. The molecule has 5 heteroatoms. The molecule has 0 aliphatic carbocycles. The summed E-state index contributed by atoms with van der Waals surface area (Å²) in [7, 11) is 0. The first-order valence-electron chi connectivity index (χ1n) is 6.49. The highest BCUT2D eigenvalue weighted by Gasteiger charge is 2.11. The monoisotopic (exact) mass is 279 g/mol. The number of nitrogens with zero attached hydrogens (tertiary/aromatic N) is 2. The number of hydrogen-bond donors (Lipinski definition) is 1. The molecule has 102 valence electrons. The Kier molecular flexibility index (Phi) is 4.99. The van der Waals surface area contributed by atoms with Crippen LogP contribution >= 0.6 is 11.3 Å². The van der Waals surface area contributed by atoms with Crippen molar-refractivity contribution < 1.29 is 4.39 Å². The van der Waals surface area contributed by atoms with Crippen LogP contribution in [0.15, 0.2) is 24.3 Å². The third-order valence-electron chi connectivity index (χ3n) is 2.80. The van der Waals surface area contributed by atoms with Gasteiger partial charge in [0.1, 0.15) is 15.8 Å². The second-order valence-electron chi connectivity index (χ2n) is 4.52. The molecule has 0 aliphatic rings. The minimum absolute atomic E-state index is 0.208. The van der Waals surface area contributed by atoms with Crippen molar-refractivity contribution in [2.75, 3.05) is 6.54 Å². The van der Waals surface area contributed by atoms with Crippen LogP contribution < -0.4 is 5.32 Å². The van der Waals surface area contributed by atoms with E-state index in [1.165, 1.54) is 6.07 Å². The van der Waals surface area contributed by atoms with Crippen molar-refractivity contribution in [3.63, 3.8) is 0 Å². The van der Waals surface area contributed by atoms with Gasteiger partial charge in [-0.2, -0.15) is 0 Å². The molecule has 19 heavy (non-hydrogen) atoms. The molecule has 0 aliphatic heterocycles. The van der Waals surface area contributed by atoms with E-state index in [1.54, 1.807) is 23.5 Å². The summed E-state index contributed by atoms with van der Waals surface area (Å²) in [6.45, 7) is 5.19. The smallest absolute Gasteiger partial charge is 0.134 e. The van der Waals surface area contributed by atoms with Crippen LogP contribution in [0.5, 0.6) is 0 Å². The summed E-state index contributed by atoms with van der Waals surface area (Å²) in [6, 6.07) is 6.84. The summed E-state index contributed by atoms with van der Waals surface area (Å²) in [4.78, 5) is 0. The Morgan fingerprint density at radius 2 is 2.21 bits per heavy atom. The van der Waals surface area contributed by atoms with Crippen LogP contribution in [0.25, 0.3) is 0 Å². The van der Waals surface area contributed by atoms with E-state index in [0.717, 1.165) is 28.5 Å². The van der Waals surface area contributed by atoms with Gasteiger partial charge in [-0.3, -0.25) is 0 Å². The van der Waals surface area contributed by atoms with E-state index < -0.39 is 0 Å². The van der Waals surface area contributed by atoms with Gasteiger partial charge in [-0.05, 0) is 37.6 Å². The number of hydrogen-bond acceptors (Lipinski definition) is 4. The third kappa shape index (κ3) is 4.08. The molecule has 2 rings (SSSR count). The van der Waals surface area contributed by atoms with Crippen LogP contribution in [-0.4, -0.2) is 16.7 Å². The van der Waals surface area contributed by atoms with Crippen LogP contribution in [0.3, 0.4) is 0 Å². The molecule has 2 aromatic rings. The summed E-state index contributed by atoms with van der Waals surface area (Å²) in [5.74, 6) is -0.208. The van der Waals surface area contributed by atoms with Gasteiger partial charge in [-0.15, -0.1) is 10.2 Å². The van der Waals surface area contributed by atoms with Gasteiger partial charge >= 0.3 is 0 Å². The molecule has 0 radical (unpaired) electrons. The minimum Gasteiger partial charge on any atom is -0.308 e. The van der Waals surface area contributed by atoms with Crippen LogP contribution in [0.4, 0.5) is 4.39 Å². The fourth-order valence-corrected chi connectivity index (χ4v) is 2.69. The highest BCUT2D eigenvalue weighted by molar-refractivity contribution is 7.11. The first-order valence-corrected chi connectivity index (χ1v) is 7.30. The van der Waals surface area contributed by atoms with Gasteiger partial charge < -0.3 is 5.32 Å². The van der Waals surface area contributed by atoms with Crippen molar-refractivity contribution in [2.24, 2.45) is 0 Å². The predicted molar refractivity (Wildman–Crippen MR) is 75.8 cm³/mol. The van der Waals surface area contributed by atoms with Crippen molar-refractivity contribution in [1.29, 1.82) is 0 Å². The molecule has 1 aromatic heterocycles. The van der Waals surface area contributed by atoms with Gasteiger partial charge in [0, 0.05) is 6.42 Å². The molecule has 3 nitrogen and oxygen atoms in total. The maximum absolute atomic E-state index is 13.1. The number of nitrogens with one attached hydrogen (secondary N) is 1. The molecule has 1 atom stereocenters. The Morgan fingerprint density at radius 1 is 1.37 bits per heavy atom. The van der Waals surface area contributed by atoms with E-state index in [2.05, 4.69) is 29.4 Å². The lowest BCUT2D eigenvalue weighted by Gasteiger charge is -2.08. The van der Waals surface area contributed by atoms with Crippen LogP contribution in [0.2, 0.25) is 0 Å². The Bertz CT molecular complexity index is 527. The van der Waals surface area contributed by atoms with Gasteiger partial charge in [0.2, 0.25) is 0 Å². The van der Waals surface area contributed by atoms with E-state index in [0.29, 0.717) is 6.42 Å². The summed E-state index contributed by atoms with van der Waals surface area (Å²) in [5.41, 5.74) is 0.928. The summed E-state index contributed by atoms with van der Waals surface area (Å²) in [5, 5.41) is 13.7.